The molecule has 0 saturated heterocycles. The van der Waals surface area contributed by atoms with Crippen LogP contribution in [0, 0.1) is 12.7 Å². The van der Waals surface area contributed by atoms with Gasteiger partial charge in [-0.3, -0.25) is 9.48 Å². The quantitative estimate of drug-likeness (QED) is 0.416. The molecule has 2 aromatic carbocycles. The summed E-state index contributed by atoms with van der Waals surface area (Å²) in [5.41, 5.74) is 0.308. The Morgan fingerprint density at radius 1 is 1.10 bits per heavy atom. The van der Waals surface area contributed by atoms with Crippen molar-refractivity contribution in [1.29, 1.82) is 0 Å². The summed E-state index contributed by atoms with van der Waals surface area (Å²) in [6.45, 7) is 5.74. The molecule has 8 heteroatoms. The van der Waals surface area contributed by atoms with Gasteiger partial charge in [0.2, 0.25) is 0 Å². The Morgan fingerprint density at radius 3 is 2.27 bits per heavy atom. The maximum atomic E-state index is 13.0. The van der Waals surface area contributed by atoms with Crippen molar-refractivity contribution in [3.8, 4) is 0 Å². The number of rotatable bonds is 4. The molecule has 0 atom stereocenters. The minimum atomic E-state index is -4.35. The van der Waals surface area contributed by atoms with E-state index < -0.39 is 17.6 Å². The van der Waals surface area contributed by atoms with Crippen LogP contribution < -0.4 is 5.32 Å². The van der Waals surface area contributed by atoms with Crippen LogP contribution in [0.5, 0.6) is 0 Å². The van der Waals surface area contributed by atoms with E-state index in [1.165, 1.54) is 22.9 Å². The van der Waals surface area contributed by atoms with Gasteiger partial charge in [0.05, 0.1) is 17.7 Å². The summed E-state index contributed by atoms with van der Waals surface area (Å²) in [5, 5.41) is 6.94. The van der Waals surface area contributed by atoms with Gasteiger partial charge in [0, 0.05) is 19.3 Å². The number of nitrogens with zero attached hydrogens (tertiary/aromatic N) is 2. The number of hydrogen-bond acceptors (Lipinski definition) is 3. The number of aldehydes is 1. The molecule has 0 amide bonds. The van der Waals surface area contributed by atoms with E-state index in [0.29, 0.717) is 17.7 Å². The molecule has 4 nitrogen and oxygen atoms in total. The van der Waals surface area contributed by atoms with E-state index in [1.807, 2.05) is 13.8 Å². The monoisotopic (exact) mass is 423 g/mol. The Labute approximate surface area is 173 Å². The molecule has 30 heavy (non-hydrogen) atoms. The number of anilines is 1. The van der Waals surface area contributed by atoms with E-state index in [-0.39, 0.29) is 17.7 Å². The van der Waals surface area contributed by atoms with Crippen molar-refractivity contribution >= 4 is 12.1 Å². The van der Waals surface area contributed by atoms with Crippen LogP contribution in [0.15, 0.2) is 54.7 Å². The topological polar surface area (TPSA) is 46.9 Å². The average Bonchev–Trinajstić information content (AvgIpc) is 3.18. The first-order valence-electron chi connectivity index (χ1n) is 9.32. The predicted octanol–water partition coefficient (Wildman–Crippen LogP) is 5.96. The lowest BCUT2D eigenvalue weighted by Gasteiger charge is -2.13. The van der Waals surface area contributed by atoms with Gasteiger partial charge in [-0.1, -0.05) is 43.7 Å². The van der Waals surface area contributed by atoms with Crippen molar-refractivity contribution in [2.24, 2.45) is 0 Å². The van der Waals surface area contributed by atoms with Crippen molar-refractivity contribution in [1.82, 2.24) is 9.78 Å². The highest BCUT2D eigenvalue weighted by atomic mass is 19.4. The number of carbonyl (C=O) groups excluding carboxylic acids is 1. The number of carbonyl (C=O) groups is 1. The lowest BCUT2D eigenvalue weighted by molar-refractivity contribution is -0.138. The standard InChI is InChI=1S/C13H14F3N3.C7H5FO.C2H6/c1-9-3-4-10(11(7-9)13(14,15)16)8-19-6-5-12(17-2)18-19;8-7-4-2-1-3-6(7)5-9;1-2/h3-7H,8H2,1-2H3,(H,17,18);1-5H;1-2H3. The summed E-state index contributed by atoms with van der Waals surface area (Å²) in [5.74, 6) is 0.160. The summed E-state index contributed by atoms with van der Waals surface area (Å²) < 4.78 is 52.7. The molecule has 1 N–H and O–H groups in total. The van der Waals surface area contributed by atoms with Crippen LogP contribution in [-0.2, 0) is 12.7 Å². The minimum absolute atomic E-state index is 0.0941. The second-order valence-electron chi connectivity index (χ2n) is 5.95. The molecule has 0 saturated carbocycles. The summed E-state index contributed by atoms with van der Waals surface area (Å²) >= 11 is 0. The molecular formula is C22H25F4N3O. The second kappa shape index (κ2) is 11.7. The number of aryl methyl sites for hydroxylation is 1. The molecule has 0 fully saturated rings. The highest BCUT2D eigenvalue weighted by Gasteiger charge is 2.33. The molecule has 1 aromatic heterocycles. The lowest BCUT2D eigenvalue weighted by Crippen LogP contribution is -2.12. The molecule has 1 heterocycles. The fourth-order valence-corrected chi connectivity index (χ4v) is 2.42. The van der Waals surface area contributed by atoms with Gasteiger partial charge < -0.3 is 5.32 Å². The molecule has 3 aromatic rings. The Balaban J connectivity index is 0.000000342. The molecular weight excluding hydrogens is 398 g/mol. The third-order valence-corrected chi connectivity index (χ3v) is 3.83. The molecule has 0 aliphatic rings. The third kappa shape index (κ3) is 7.35. The van der Waals surface area contributed by atoms with Gasteiger partial charge in [-0.15, -0.1) is 0 Å². The Hall–Kier alpha value is -3.16. The van der Waals surface area contributed by atoms with Crippen molar-refractivity contribution in [3.05, 3.63) is 82.8 Å². The fraction of sp³-hybridized carbons (Fsp3) is 0.273. The van der Waals surface area contributed by atoms with Gasteiger partial charge in [-0.25, -0.2) is 4.39 Å². The van der Waals surface area contributed by atoms with E-state index in [2.05, 4.69) is 10.4 Å². The van der Waals surface area contributed by atoms with Gasteiger partial charge in [0.25, 0.3) is 0 Å². The smallest absolute Gasteiger partial charge is 0.372 e. The molecule has 0 unspecified atom stereocenters. The molecule has 3 rings (SSSR count). The number of benzene rings is 2. The summed E-state index contributed by atoms with van der Waals surface area (Å²) in [4.78, 5) is 9.99. The van der Waals surface area contributed by atoms with Crippen LogP contribution in [0.2, 0.25) is 0 Å². The molecule has 0 aliphatic carbocycles. The van der Waals surface area contributed by atoms with E-state index in [1.54, 1.807) is 44.4 Å². The zero-order valence-electron chi connectivity index (χ0n) is 17.3. The van der Waals surface area contributed by atoms with Crippen LogP contribution in [0.25, 0.3) is 0 Å². The predicted molar refractivity (Wildman–Crippen MR) is 110 cm³/mol. The maximum Gasteiger partial charge on any atom is 0.416 e. The van der Waals surface area contributed by atoms with Gasteiger partial charge in [-0.05, 0) is 30.7 Å². The molecule has 0 bridgehead atoms. The SMILES string of the molecule is CC.CNc1ccn(Cc2ccc(C)cc2C(F)(F)F)n1.O=Cc1ccccc1F. The second-order valence-corrected chi connectivity index (χ2v) is 5.95. The summed E-state index contributed by atoms with van der Waals surface area (Å²) in [6.07, 6.45) is -2.21. The average molecular weight is 423 g/mol. The van der Waals surface area contributed by atoms with E-state index in [0.717, 1.165) is 6.07 Å². The van der Waals surface area contributed by atoms with Crippen molar-refractivity contribution in [3.63, 3.8) is 0 Å². The Kier molecular flexibility index (Phi) is 9.74. The van der Waals surface area contributed by atoms with Crippen molar-refractivity contribution in [2.75, 3.05) is 12.4 Å². The summed E-state index contributed by atoms with van der Waals surface area (Å²) in [7, 11) is 1.71. The maximum absolute atomic E-state index is 13.0. The first-order valence-corrected chi connectivity index (χ1v) is 9.32. The van der Waals surface area contributed by atoms with Crippen LogP contribution >= 0.6 is 0 Å². The Bertz CT molecular complexity index is 936. The number of nitrogens with one attached hydrogen (secondary N) is 1. The van der Waals surface area contributed by atoms with Crippen LogP contribution in [-0.4, -0.2) is 23.1 Å². The zero-order valence-corrected chi connectivity index (χ0v) is 17.3. The van der Waals surface area contributed by atoms with Crippen LogP contribution in [0.3, 0.4) is 0 Å². The van der Waals surface area contributed by atoms with E-state index in [4.69, 9.17) is 0 Å². The number of hydrogen-bond donors (Lipinski definition) is 1. The fourth-order valence-electron chi connectivity index (χ4n) is 2.42. The van der Waals surface area contributed by atoms with Crippen molar-refractivity contribution < 1.29 is 22.4 Å². The van der Waals surface area contributed by atoms with Crippen molar-refractivity contribution in [2.45, 2.75) is 33.5 Å². The minimum Gasteiger partial charge on any atom is -0.372 e. The summed E-state index contributed by atoms with van der Waals surface area (Å²) in [6, 6.07) is 11.9. The van der Waals surface area contributed by atoms with E-state index >= 15 is 0 Å². The van der Waals surface area contributed by atoms with E-state index in [9.17, 15) is 22.4 Å². The highest BCUT2D eigenvalue weighted by molar-refractivity contribution is 5.74. The van der Waals surface area contributed by atoms with Crippen LogP contribution in [0.4, 0.5) is 23.4 Å². The van der Waals surface area contributed by atoms with Gasteiger partial charge >= 0.3 is 6.18 Å². The molecule has 162 valence electrons. The van der Waals surface area contributed by atoms with Gasteiger partial charge in [0.1, 0.15) is 11.6 Å². The number of halogens is 4. The molecule has 0 aliphatic heterocycles. The molecule has 0 radical (unpaired) electrons. The zero-order chi connectivity index (χ0) is 22.7. The lowest BCUT2D eigenvalue weighted by atomic mass is 10.0. The Morgan fingerprint density at radius 2 is 1.77 bits per heavy atom. The third-order valence-electron chi connectivity index (χ3n) is 3.83. The number of aromatic nitrogens is 2. The number of alkyl halides is 3. The normalized spacial score (nSPS) is 10.3. The largest absolute Gasteiger partial charge is 0.416 e. The molecule has 0 spiro atoms. The van der Waals surface area contributed by atoms with Gasteiger partial charge in [0.15, 0.2) is 6.29 Å². The first kappa shape index (κ1) is 24.9. The first-order chi connectivity index (χ1) is 14.2. The highest BCUT2D eigenvalue weighted by Crippen LogP contribution is 2.33. The van der Waals surface area contributed by atoms with Gasteiger partial charge in [-0.2, -0.15) is 18.3 Å². The van der Waals surface area contributed by atoms with Crippen LogP contribution in [0.1, 0.15) is 40.9 Å².